The molecule has 1 aromatic heterocycles. The predicted octanol–water partition coefficient (Wildman–Crippen LogP) is 3.87. The first-order valence-electron chi connectivity index (χ1n) is 8.77. The van der Waals surface area contributed by atoms with Crippen molar-refractivity contribution in [1.82, 2.24) is 10.2 Å². The van der Waals surface area contributed by atoms with Gasteiger partial charge in [0.25, 0.3) is 0 Å². The number of carbonyl (C=O) groups is 2. The number of rotatable bonds is 6. The summed E-state index contributed by atoms with van der Waals surface area (Å²) < 4.78 is 5.30. The van der Waals surface area contributed by atoms with Crippen LogP contribution in [0.2, 0.25) is 10.0 Å². The van der Waals surface area contributed by atoms with E-state index in [4.69, 9.17) is 27.6 Å². The van der Waals surface area contributed by atoms with Crippen LogP contribution in [0.3, 0.4) is 0 Å². The maximum absolute atomic E-state index is 12.7. The van der Waals surface area contributed by atoms with Crippen molar-refractivity contribution in [2.24, 2.45) is 0 Å². The van der Waals surface area contributed by atoms with Crippen LogP contribution in [0, 0.1) is 0 Å². The molecular formula is C19H21Cl2N3O3. The topological polar surface area (TPSA) is 74.6 Å². The maximum Gasteiger partial charge on any atom is 0.241 e. The summed E-state index contributed by atoms with van der Waals surface area (Å²) in [6.07, 6.45) is 3.12. The molecule has 1 fully saturated rings. The number of amides is 2. The minimum absolute atomic E-state index is 0.150. The third kappa shape index (κ3) is 5.03. The number of anilines is 1. The van der Waals surface area contributed by atoms with E-state index in [0.29, 0.717) is 34.5 Å². The summed E-state index contributed by atoms with van der Waals surface area (Å²) in [4.78, 5) is 26.9. The molecule has 3 rings (SSSR count). The second-order valence-electron chi connectivity index (χ2n) is 6.55. The molecule has 6 nitrogen and oxygen atoms in total. The van der Waals surface area contributed by atoms with Gasteiger partial charge in [0.15, 0.2) is 0 Å². The first-order chi connectivity index (χ1) is 12.9. The molecule has 1 aliphatic heterocycles. The van der Waals surface area contributed by atoms with Crippen LogP contribution >= 0.6 is 23.2 Å². The number of furan rings is 1. The molecule has 1 aromatic carbocycles. The van der Waals surface area contributed by atoms with Gasteiger partial charge in [-0.05, 0) is 56.6 Å². The molecule has 1 aliphatic rings. The van der Waals surface area contributed by atoms with Crippen molar-refractivity contribution in [2.75, 3.05) is 18.4 Å². The normalized spacial score (nSPS) is 18.3. The summed E-state index contributed by atoms with van der Waals surface area (Å²) in [5, 5.41) is 6.60. The lowest BCUT2D eigenvalue weighted by molar-refractivity contribution is -0.125. The van der Waals surface area contributed by atoms with Gasteiger partial charge in [0.05, 0.1) is 35.6 Å². The van der Waals surface area contributed by atoms with Gasteiger partial charge in [0, 0.05) is 5.02 Å². The number of benzene rings is 1. The van der Waals surface area contributed by atoms with Crippen LogP contribution in [0.1, 0.15) is 31.6 Å². The molecule has 8 heteroatoms. The van der Waals surface area contributed by atoms with Crippen molar-refractivity contribution in [3.63, 3.8) is 0 Å². The molecular weight excluding hydrogens is 389 g/mol. The molecule has 2 N–H and O–H groups in total. The fourth-order valence-electron chi connectivity index (χ4n) is 3.20. The third-order valence-electron chi connectivity index (χ3n) is 4.55. The van der Waals surface area contributed by atoms with E-state index in [0.717, 1.165) is 6.42 Å². The molecule has 0 spiro atoms. The first-order valence-corrected chi connectivity index (χ1v) is 9.52. The van der Waals surface area contributed by atoms with Crippen LogP contribution in [0.4, 0.5) is 5.69 Å². The Kier molecular flexibility index (Phi) is 6.42. The van der Waals surface area contributed by atoms with E-state index in [-0.39, 0.29) is 30.4 Å². The van der Waals surface area contributed by atoms with Crippen LogP contribution in [0.5, 0.6) is 0 Å². The lowest BCUT2D eigenvalue weighted by Gasteiger charge is -2.24. The van der Waals surface area contributed by atoms with Gasteiger partial charge in [0.1, 0.15) is 5.76 Å². The van der Waals surface area contributed by atoms with E-state index in [1.165, 1.54) is 0 Å². The number of nitrogens with one attached hydrogen (secondary N) is 2. The van der Waals surface area contributed by atoms with E-state index < -0.39 is 0 Å². The summed E-state index contributed by atoms with van der Waals surface area (Å²) in [5.41, 5.74) is 0.508. The number of carbonyl (C=O) groups excluding carboxylic acids is 2. The van der Waals surface area contributed by atoms with Crippen LogP contribution in [0.25, 0.3) is 0 Å². The number of nitrogens with zero attached hydrogens (tertiary/aromatic N) is 1. The zero-order valence-corrected chi connectivity index (χ0v) is 16.4. The number of hydrogen-bond acceptors (Lipinski definition) is 4. The average molecular weight is 410 g/mol. The van der Waals surface area contributed by atoms with Gasteiger partial charge in [-0.3, -0.25) is 14.5 Å². The molecule has 0 unspecified atom stereocenters. The van der Waals surface area contributed by atoms with E-state index >= 15 is 0 Å². The largest absolute Gasteiger partial charge is 0.467 e. The zero-order chi connectivity index (χ0) is 19.4. The van der Waals surface area contributed by atoms with Gasteiger partial charge in [-0.1, -0.05) is 23.2 Å². The van der Waals surface area contributed by atoms with Gasteiger partial charge in [-0.2, -0.15) is 0 Å². The smallest absolute Gasteiger partial charge is 0.241 e. The Morgan fingerprint density at radius 3 is 2.85 bits per heavy atom. The average Bonchev–Trinajstić information content (AvgIpc) is 3.28. The highest BCUT2D eigenvalue weighted by molar-refractivity contribution is 6.36. The third-order valence-corrected chi connectivity index (χ3v) is 5.10. The molecule has 144 valence electrons. The zero-order valence-electron chi connectivity index (χ0n) is 14.9. The van der Waals surface area contributed by atoms with Crippen LogP contribution in [-0.4, -0.2) is 35.8 Å². The monoisotopic (exact) mass is 409 g/mol. The summed E-state index contributed by atoms with van der Waals surface area (Å²) in [5.74, 6) is 0.364. The molecule has 0 bridgehead atoms. The SMILES string of the molecule is C[C@H](NC(=O)CN1CCC[C@H]1C(=O)Nc1ccc(Cl)cc1Cl)c1ccco1. The Hall–Kier alpha value is -2.02. The lowest BCUT2D eigenvalue weighted by atomic mass is 10.2. The van der Waals surface area contributed by atoms with Crippen LogP contribution in [0.15, 0.2) is 41.0 Å². The summed E-state index contributed by atoms with van der Waals surface area (Å²) in [6, 6.07) is 7.90. The highest BCUT2D eigenvalue weighted by Gasteiger charge is 2.32. The van der Waals surface area contributed by atoms with E-state index in [1.54, 1.807) is 30.5 Å². The maximum atomic E-state index is 12.7. The number of likely N-dealkylation sites (tertiary alicyclic amines) is 1. The van der Waals surface area contributed by atoms with Crippen LogP contribution in [-0.2, 0) is 9.59 Å². The molecule has 1 saturated heterocycles. The summed E-state index contributed by atoms with van der Waals surface area (Å²) in [7, 11) is 0. The number of halogens is 2. The first kappa shape index (κ1) is 19.7. The van der Waals surface area contributed by atoms with Gasteiger partial charge in [-0.25, -0.2) is 0 Å². The quantitative estimate of drug-likeness (QED) is 0.759. The fourth-order valence-corrected chi connectivity index (χ4v) is 3.66. The van der Waals surface area contributed by atoms with Crippen molar-refractivity contribution >= 4 is 40.7 Å². The molecule has 0 saturated carbocycles. The second kappa shape index (κ2) is 8.78. The van der Waals surface area contributed by atoms with E-state index in [2.05, 4.69) is 10.6 Å². The van der Waals surface area contributed by atoms with Crippen LogP contribution < -0.4 is 10.6 Å². The fraction of sp³-hybridized carbons (Fsp3) is 0.368. The Bertz CT molecular complexity index is 811. The predicted molar refractivity (Wildman–Crippen MR) is 105 cm³/mol. The Balaban J connectivity index is 1.57. The molecule has 2 amide bonds. The highest BCUT2D eigenvalue weighted by Crippen LogP contribution is 2.27. The Labute approximate surface area is 167 Å². The van der Waals surface area contributed by atoms with Crippen molar-refractivity contribution in [3.8, 4) is 0 Å². The van der Waals surface area contributed by atoms with Gasteiger partial charge in [0.2, 0.25) is 11.8 Å². The molecule has 27 heavy (non-hydrogen) atoms. The molecule has 2 aromatic rings. The Morgan fingerprint density at radius 2 is 2.15 bits per heavy atom. The van der Waals surface area contributed by atoms with Gasteiger partial charge >= 0.3 is 0 Å². The molecule has 0 radical (unpaired) electrons. The van der Waals surface area contributed by atoms with Gasteiger partial charge in [-0.15, -0.1) is 0 Å². The summed E-state index contributed by atoms with van der Waals surface area (Å²) in [6.45, 7) is 2.69. The molecule has 2 atom stereocenters. The van der Waals surface area contributed by atoms with E-state index in [9.17, 15) is 9.59 Å². The van der Waals surface area contributed by atoms with Crippen molar-refractivity contribution in [2.45, 2.75) is 31.8 Å². The second-order valence-corrected chi connectivity index (χ2v) is 7.39. The van der Waals surface area contributed by atoms with Gasteiger partial charge < -0.3 is 15.1 Å². The minimum Gasteiger partial charge on any atom is -0.467 e. The molecule has 2 heterocycles. The summed E-state index contributed by atoms with van der Waals surface area (Å²) >= 11 is 12.0. The standard InChI is InChI=1S/C19H21Cl2N3O3/c1-12(17-5-3-9-27-17)22-18(25)11-24-8-2-4-16(24)19(26)23-15-7-6-13(20)10-14(15)21/h3,5-7,9-10,12,16H,2,4,8,11H2,1H3,(H,22,25)(H,23,26)/t12-,16-/m0/s1. The number of hydrogen-bond donors (Lipinski definition) is 2. The van der Waals surface area contributed by atoms with E-state index in [1.807, 2.05) is 17.9 Å². The van der Waals surface area contributed by atoms with Crippen molar-refractivity contribution in [3.05, 3.63) is 52.4 Å². The highest BCUT2D eigenvalue weighted by atomic mass is 35.5. The minimum atomic E-state index is -0.374. The van der Waals surface area contributed by atoms with Crippen molar-refractivity contribution in [1.29, 1.82) is 0 Å². The van der Waals surface area contributed by atoms with Crippen molar-refractivity contribution < 1.29 is 14.0 Å². The molecule has 0 aliphatic carbocycles. The Morgan fingerprint density at radius 1 is 1.33 bits per heavy atom. The lowest BCUT2D eigenvalue weighted by Crippen LogP contribution is -2.45.